The number of aliphatic carboxylic acids is 1. The zero-order chi connectivity index (χ0) is 23.5. The Labute approximate surface area is 204 Å². The fraction of sp³-hybridized carbons (Fsp3) is 0.733. The van der Waals surface area contributed by atoms with E-state index < -0.39 is 90.2 Å². The molecule has 2 heterocycles. The maximum atomic E-state index is 11.5. The number of aliphatic imine (C=N–C) groups is 1. The molecule has 0 bridgehead atoms. The largest absolute Gasteiger partial charge is 1.00 e. The first-order chi connectivity index (χ1) is 14.3. The summed E-state index contributed by atoms with van der Waals surface area (Å²) < 4.78 is 51.3. The molecule has 0 aliphatic carbocycles. The van der Waals surface area contributed by atoms with Gasteiger partial charge in [-0.2, -0.15) is 8.42 Å². The summed E-state index contributed by atoms with van der Waals surface area (Å²) in [6.07, 6.45) is -9.54. The van der Waals surface area contributed by atoms with Gasteiger partial charge in [-0.3, -0.25) is 9.55 Å². The summed E-state index contributed by atoms with van der Waals surface area (Å²) in [5.41, 5.74) is 0. The van der Waals surface area contributed by atoms with E-state index in [0.717, 1.165) is 13.0 Å². The Morgan fingerprint density at radius 2 is 1.94 bits per heavy atom. The number of carboxylic acids is 1. The van der Waals surface area contributed by atoms with Crippen LogP contribution in [0.1, 0.15) is 6.92 Å². The van der Waals surface area contributed by atoms with Gasteiger partial charge in [-0.05, 0) is 18.9 Å². The van der Waals surface area contributed by atoms with Gasteiger partial charge in [0.25, 0.3) is 0 Å². The van der Waals surface area contributed by atoms with Crippen LogP contribution in [0.25, 0.3) is 0 Å². The fourth-order valence-electron chi connectivity index (χ4n) is 3.11. The Morgan fingerprint density at radius 3 is 2.44 bits per heavy atom. The molecule has 8 atom stereocenters. The van der Waals surface area contributed by atoms with Crippen LogP contribution in [-0.2, 0) is 33.6 Å². The summed E-state index contributed by atoms with van der Waals surface area (Å²) in [5.74, 6) is -4.50. The molecule has 0 aromatic rings. The molecule has 0 aromatic heterocycles. The molecule has 6 N–H and O–H groups in total. The van der Waals surface area contributed by atoms with E-state index in [1.165, 1.54) is 0 Å². The standard InChI is InChI=1S/C15H23NO14S.Na/c1-5(18)16-10-6(12(30-31(24,25)26)9(3-17)28-14(10)23)4-27-15-11(20)7(19)2-8(29-15)13(21)22;/h2,6-7,9-12,14-15,17,19-20,23H,3-4H2,1H3,(H,16,18)(H,21,22)(H,24,25,26);/q;+1/p-1/t6-,7+,9-,10-,11+,12-,14?,15-;/m1./s1. The number of nitrogens with zero attached hydrogens (tertiary/aromatic N) is 1. The zero-order valence-corrected chi connectivity index (χ0v) is 19.7. The van der Waals surface area contributed by atoms with Crippen molar-refractivity contribution in [2.24, 2.45) is 10.9 Å². The van der Waals surface area contributed by atoms with Gasteiger partial charge in [-0.1, -0.05) is 0 Å². The molecule has 2 rings (SSSR count). The van der Waals surface area contributed by atoms with Crippen molar-refractivity contribution >= 4 is 22.3 Å². The SMILES string of the molecule is CC([O-])=N[C@H]1C(O)O[C@H](CO)[C@H](OS(=O)(=O)O)[C@@H]1CO[C@@H]1OC(C(=O)O)=C[C@H](O)[C@@H]1O.[Na+]. The molecule has 1 unspecified atom stereocenters. The minimum atomic E-state index is -5.11. The number of hydrogen-bond acceptors (Lipinski definition) is 13. The van der Waals surface area contributed by atoms with E-state index in [4.69, 9.17) is 23.9 Å². The van der Waals surface area contributed by atoms with E-state index in [2.05, 4.69) is 9.18 Å². The van der Waals surface area contributed by atoms with E-state index in [-0.39, 0.29) is 29.6 Å². The van der Waals surface area contributed by atoms with Gasteiger partial charge in [0.1, 0.15) is 30.5 Å². The summed E-state index contributed by atoms with van der Waals surface area (Å²) in [7, 11) is -5.11. The van der Waals surface area contributed by atoms with Crippen LogP contribution in [0.2, 0.25) is 0 Å². The van der Waals surface area contributed by atoms with Crippen molar-refractivity contribution < 1.29 is 96.4 Å². The minimum absolute atomic E-state index is 0. The minimum Gasteiger partial charge on any atom is -0.862 e. The van der Waals surface area contributed by atoms with E-state index >= 15 is 0 Å². The third kappa shape index (κ3) is 7.57. The van der Waals surface area contributed by atoms with Crippen molar-refractivity contribution in [1.82, 2.24) is 0 Å². The van der Waals surface area contributed by atoms with Gasteiger partial charge in [0, 0.05) is 5.92 Å². The van der Waals surface area contributed by atoms with Gasteiger partial charge in [-0.25, -0.2) is 8.98 Å². The topological polar surface area (TPSA) is 245 Å². The van der Waals surface area contributed by atoms with Crippen LogP contribution in [0.15, 0.2) is 16.8 Å². The predicted octanol–water partition coefficient (Wildman–Crippen LogP) is -7.29. The van der Waals surface area contributed by atoms with Gasteiger partial charge < -0.3 is 44.8 Å². The van der Waals surface area contributed by atoms with Gasteiger partial charge in [-0.15, -0.1) is 0 Å². The van der Waals surface area contributed by atoms with Crippen LogP contribution >= 0.6 is 0 Å². The summed E-state index contributed by atoms with van der Waals surface area (Å²) >= 11 is 0. The van der Waals surface area contributed by atoms with E-state index in [0.29, 0.717) is 0 Å². The fourth-order valence-corrected chi connectivity index (χ4v) is 3.66. The van der Waals surface area contributed by atoms with Crippen LogP contribution in [0.5, 0.6) is 0 Å². The summed E-state index contributed by atoms with van der Waals surface area (Å²) in [6, 6.07) is -1.51. The molecule has 0 saturated carbocycles. The first-order valence-electron chi connectivity index (χ1n) is 8.75. The van der Waals surface area contributed by atoms with E-state index in [9.17, 15) is 38.7 Å². The molecular formula is C15H22NNaO14S. The molecule has 15 nitrogen and oxygen atoms in total. The van der Waals surface area contributed by atoms with Crippen molar-refractivity contribution in [1.29, 1.82) is 0 Å². The summed E-state index contributed by atoms with van der Waals surface area (Å²) in [5, 5.41) is 59.8. The Kier molecular flexibility index (Phi) is 10.9. The number of aliphatic hydroxyl groups excluding tert-OH is 4. The van der Waals surface area contributed by atoms with Gasteiger partial charge >= 0.3 is 45.9 Å². The molecule has 0 radical (unpaired) electrons. The van der Waals surface area contributed by atoms with Crippen LogP contribution in [0.3, 0.4) is 0 Å². The number of ether oxygens (including phenoxy) is 3. The quantitative estimate of drug-likeness (QED) is 0.0793. The van der Waals surface area contributed by atoms with Crippen molar-refractivity contribution in [3.05, 3.63) is 11.8 Å². The molecule has 178 valence electrons. The summed E-state index contributed by atoms with van der Waals surface area (Å²) in [6.45, 7) is -0.566. The van der Waals surface area contributed by atoms with Crippen LogP contribution in [0, 0.1) is 5.92 Å². The molecule has 2 aliphatic heterocycles. The normalized spacial score (nSPS) is 35.9. The second-order valence-electron chi connectivity index (χ2n) is 6.68. The first-order valence-corrected chi connectivity index (χ1v) is 10.1. The first kappa shape index (κ1) is 29.1. The van der Waals surface area contributed by atoms with Crippen LogP contribution in [-0.4, -0.2) is 107 Å². The Hall–Kier alpha value is -0.890. The van der Waals surface area contributed by atoms with E-state index in [1.54, 1.807) is 0 Å². The number of hydrogen-bond donors (Lipinski definition) is 6. The number of carboxylic acid groups (broad SMARTS) is 1. The predicted molar refractivity (Wildman–Crippen MR) is 93.3 cm³/mol. The maximum absolute atomic E-state index is 11.5. The van der Waals surface area contributed by atoms with Crippen LogP contribution < -0.4 is 34.7 Å². The number of carbonyl (C=O) groups is 1. The molecule has 1 fully saturated rings. The maximum Gasteiger partial charge on any atom is 1.00 e. The third-order valence-corrected chi connectivity index (χ3v) is 4.90. The summed E-state index contributed by atoms with van der Waals surface area (Å²) in [4.78, 5) is 14.7. The second-order valence-corrected chi connectivity index (χ2v) is 7.72. The molecular weight excluding hydrogens is 473 g/mol. The molecule has 32 heavy (non-hydrogen) atoms. The molecule has 2 aliphatic rings. The van der Waals surface area contributed by atoms with Crippen LogP contribution in [0.4, 0.5) is 0 Å². The second kappa shape index (κ2) is 12.0. The van der Waals surface area contributed by atoms with Crippen molar-refractivity contribution in [3.63, 3.8) is 0 Å². The average molecular weight is 495 g/mol. The Bertz CT molecular complexity index is 815. The average Bonchev–Trinajstić information content (AvgIpc) is 2.64. The van der Waals surface area contributed by atoms with Crippen molar-refractivity contribution in [2.45, 2.75) is 50.0 Å². The molecule has 1 saturated heterocycles. The van der Waals surface area contributed by atoms with Gasteiger partial charge in [0.05, 0.1) is 13.2 Å². The third-order valence-electron chi connectivity index (χ3n) is 4.43. The smallest absolute Gasteiger partial charge is 0.862 e. The zero-order valence-electron chi connectivity index (χ0n) is 16.9. The van der Waals surface area contributed by atoms with Crippen molar-refractivity contribution in [2.75, 3.05) is 13.2 Å². The number of aliphatic hydroxyl groups is 4. The monoisotopic (exact) mass is 495 g/mol. The van der Waals surface area contributed by atoms with Crippen molar-refractivity contribution in [3.8, 4) is 0 Å². The molecule has 0 amide bonds. The van der Waals surface area contributed by atoms with Gasteiger partial charge in [0.15, 0.2) is 6.29 Å². The molecule has 0 spiro atoms. The van der Waals surface area contributed by atoms with E-state index in [1.807, 2.05) is 0 Å². The number of rotatable bonds is 8. The van der Waals surface area contributed by atoms with Gasteiger partial charge in [0.2, 0.25) is 12.0 Å². The molecule has 0 aromatic carbocycles. The molecule has 17 heteroatoms. The Morgan fingerprint density at radius 1 is 1.31 bits per heavy atom. The Balaban J connectivity index is 0.00000512.